The zero-order valence-corrected chi connectivity index (χ0v) is 12.9. The number of rotatable bonds is 4. The third-order valence-corrected chi connectivity index (χ3v) is 3.66. The number of benzene rings is 2. The summed E-state index contributed by atoms with van der Waals surface area (Å²) in [6.07, 6.45) is 0. The molecule has 2 aromatic rings. The van der Waals surface area contributed by atoms with E-state index in [1.165, 1.54) is 12.1 Å². The fourth-order valence-electron chi connectivity index (χ4n) is 2.01. The third-order valence-electron chi connectivity index (χ3n) is 3.04. The molecular formula is C15H16BrFN2O. The SMILES string of the molecule is COc1ccc(CN(C)c2cc(F)ccc2N)cc1Br. The summed E-state index contributed by atoms with van der Waals surface area (Å²) in [5.41, 5.74) is 8.19. The van der Waals surface area contributed by atoms with Gasteiger partial charge in [0.05, 0.1) is 23.0 Å². The molecule has 0 aromatic heterocycles. The summed E-state index contributed by atoms with van der Waals surface area (Å²) in [5.74, 6) is 0.485. The first-order valence-corrected chi connectivity index (χ1v) is 6.89. The second-order valence-corrected chi connectivity index (χ2v) is 5.38. The van der Waals surface area contributed by atoms with Gasteiger partial charge in [0.15, 0.2) is 0 Å². The normalized spacial score (nSPS) is 10.4. The number of hydrogen-bond acceptors (Lipinski definition) is 3. The zero-order valence-electron chi connectivity index (χ0n) is 11.4. The molecule has 2 rings (SSSR count). The second kappa shape index (κ2) is 6.13. The van der Waals surface area contributed by atoms with Gasteiger partial charge in [-0.1, -0.05) is 6.07 Å². The first-order chi connectivity index (χ1) is 9.51. The van der Waals surface area contributed by atoms with E-state index in [1.807, 2.05) is 30.1 Å². The Balaban J connectivity index is 2.21. The lowest BCUT2D eigenvalue weighted by Crippen LogP contribution is -2.18. The minimum atomic E-state index is -0.294. The highest BCUT2D eigenvalue weighted by molar-refractivity contribution is 9.10. The Hall–Kier alpha value is -1.75. The molecule has 0 atom stereocenters. The van der Waals surface area contributed by atoms with E-state index in [0.717, 1.165) is 15.8 Å². The molecule has 0 amide bonds. The Bertz CT molecular complexity index is 619. The fraction of sp³-hybridized carbons (Fsp3) is 0.200. The summed E-state index contributed by atoms with van der Waals surface area (Å²) < 4.78 is 19.4. The molecule has 0 saturated carbocycles. The second-order valence-electron chi connectivity index (χ2n) is 4.53. The molecule has 0 aliphatic heterocycles. The van der Waals surface area contributed by atoms with Crippen molar-refractivity contribution >= 4 is 27.3 Å². The highest BCUT2D eigenvalue weighted by Gasteiger charge is 2.09. The van der Waals surface area contributed by atoms with E-state index in [4.69, 9.17) is 10.5 Å². The minimum Gasteiger partial charge on any atom is -0.496 e. The summed E-state index contributed by atoms with van der Waals surface area (Å²) in [6.45, 7) is 0.621. The van der Waals surface area contributed by atoms with Gasteiger partial charge < -0.3 is 15.4 Å². The molecular weight excluding hydrogens is 323 g/mol. The van der Waals surface area contributed by atoms with Crippen molar-refractivity contribution in [2.45, 2.75) is 6.54 Å². The first-order valence-electron chi connectivity index (χ1n) is 6.10. The number of ether oxygens (including phenoxy) is 1. The highest BCUT2D eigenvalue weighted by Crippen LogP contribution is 2.28. The van der Waals surface area contributed by atoms with Crippen LogP contribution in [0.15, 0.2) is 40.9 Å². The van der Waals surface area contributed by atoms with Crippen molar-refractivity contribution < 1.29 is 9.13 Å². The molecule has 0 aliphatic carbocycles. The monoisotopic (exact) mass is 338 g/mol. The van der Waals surface area contributed by atoms with Gasteiger partial charge >= 0.3 is 0 Å². The van der Waals surface area contributed by atoms with Crippen LogP contribution in [-0.4, -0.2) is 14.2 Å². The van der Waals surface area contributed by atoms with Crippen LogP contribution in [0.2, 0.25) is 0 Å². The van der Waals surface area contributed by atoms with Gasteiger partial charge in [0.1, 0.15) is 11.6 Å². The van der Waals surface area contributed by atoms with Crippen molar-refractivity contribution in [3.8, 4) is 5.75 Å². The van der Waals surface area contributed by atoms with E-state index in [-0.39, 0.29) is 5.82 Å². The van der Waals surface area contributed by atoms with Crippen LogP contribution in [0.3, 0.4) is 0 Å². The molecule has 0 fully saturated rings. The van der Waals surface area contributed by atoms with Gasteiger partial charge in [-0.05, 0) is 51.8 Å². The molecule has 0 saturated heterocycles. The van der Waals surface area contributed by atoms with Crippen LogP contribution in [0.25, 0.3) is 0 Å². The van der Waals surface area contributed by atoms with E-state index >= 15 is 0 Å². The van der Waals surface area contributed by atoms with Crippen LogP contribution in [0, 0.1) is 5.82 Å². The number of anilines is 2. The topological polar surface area (TPSA) is 38.5 Å². The van der Waals surface area contributed by atoms with Gasteiger partial charge in [0.2, 0.25) is 0 Å². The fourth-order valence-corrected chi connectivity index (χ4v) is 2.60. The number of nitrogens with two attached hydrogens (primary N) is 1. The predicted molar refractivity (Wildman–Crippen MR) is 83.6 cm³/mol. The predicted octanol–water partition coefficient (Wildman–Crippen LogP) is 3.82. The molecule has 106 valence electrons. The Kier molecular flexibility index (Phi) is 4.49. The van der Waals surface area contributed by atoms with Gasteiger partial charge in [0.25, 0.3) is 0 Å². The van der Waals surface area contributed by atoms with Crippen LogP contribution >= 0.6 is 15.9 Å². The summed E-state index contributed by atoms with van der Waals surface area (Å²) in [5, 5.41) is 0. The van der Waals surface area contributed by atoms with Crippen LogP contribution in [0.5, 0.6) is 5.75 Å². The van der Waals surface area contributed by atoms with Gasteiger partial charge in [-0.2, -0.15) is 0 Å². The number of hydrogen-bond donors (Lipinski definition) is 1. The van der Waals surface area contributed by atoms with E-state index < -0.39 is 0 Å². The number of nitrogens with zero attached hydrogens (tertiary/aromatic N) is 1. The molecule has 0 unspecified atom stereocenters. The van der Waals surface area contributed by atoms with Gasteiger partial charge in [-0.3, -0.25) is 0 Å². The van der Waals surface area contributed by atoms with Crippen molar-refractivity contribution in [1.82, 2.24) is 0 Å². The molecule has 2 aromatic carbocycles. The number of methoxy groups -OCH3 is 1. The van der Waals surface area contributed by atoms with Crippen LogP contribution in [0.4, 0.5) is 15.8 Å². The van der Waals surface area contributed by atoms with Gasteiger partial charge in [0, 0.05) is 13.6 Å². The maximum absolute atomic E-state index is 13.3. The average Bonchev–Trinajstić information content (AvgIpc) is 2.41. The van der Waals surface area contributed by atoms with Crippen molar-refractivity contribution in [2.24, 2.45) is 0 Å². The summed E-state index contributed by atoms with van der Waals surface area (Å²) in [7, 11) is 3.50. The molecule has 0 radical (unpaired) electrons. The summed E-state index contributed by atoms with van der Waals surface area (Å²) >= 11 is 3.45. The zero-order chi connectivity index (χ0) is 14.7. The lowest BCUT2D eigenvalue weighted by Gasteiger charge is -2.21. The minimum absolute atomic E-state index is 0.294. The first kappa shape index (κ1) is 14.7. The lowest BCUT2D eigenvalue weighted by atomic mass is 10.2. The van der Waals surface area contributed by atoms with Crippen LogP contribution in [0.1, 0.15) is 5.56 Å². The molecule has 20 heavy (non-hydrogen) atoms. The van der Waals surface area contributed by atoms with E-state index in [9.17, 15) is 4.39 Å². The van der Waals surface area contributed by atoms with E-state index in [0.29, 0.717) is 17.9 Å². The van der Waals surface area contributed by atoms with E-state index in [2.05, 4.69) is 15.9 Å². The van der Waals surface area contributed by atoms with E-state index in [1.54, 1.807) is 13.2 Å². The smallest absolute Gasteiger partial charge is 0.133 e. The third kappa shape index (κ3) is 3.22. The quantitative estimate of drug-likeness (QED) is 0.861. The largest absolute Gasteiger partial charge is 0.496 e. The number of halogens is 2. The Morgan fingerprint density at radius 1 is 1.25 bits per heavy atom. The van der Waals surface area contributed by atoms with Crippen molar-refractivity contribution in [3.63, 3.8) is 0 Å². The summed E-state index contributed by atoms with van der Waals surface area (Å²) in [6, 6.07) is 10.2. The molecule has 0 aliphatic rings. The molecule has 3 nitrogen and oxygen atoms in total. The molecule has 0 bridgehead atoms. The van der Waals surface area contributed by atoms with Crippen molar-refractivity contribution in [3.05, 3.63) is 52.3 Å². The maximum Gasteiger partial charge on any atom is 0.133 e. The molecule has 0 spiro atoms. The lowest BCUT2D eigenvalue weighted by molar-refractivity contribution is 0.412. The Morgan fingerprint density at radius 3 is 2.65 bits per heavy atom. The summed E-state index contributed by atoms with van der Waals surface area (Å²) in [4.78, 5) is 1.91. The molecule has 0 heterocycles. The van der Waals surface area contributed by atoms with Gasteiger partial charge in [-0.25, -0.2) is 4.39 Å². The standard InChI is InChI=1S/C15H16BrFN2O/c1-19(14-8-11(17)4-5-13(14)18)9-10-3-6-15(20-2)12(16)7-10/h3-8H,9,18H2,1-2H3. The van der Waals surface area contributed by atoms with Gasteiger partial charge in [-0.15, -0.1) is 0 Å². The van der Waals surface area contributed by atoms with Crippen LogP contribution in [-0.2, 0) is 6.54 Å². The van der Waals surface area contributed by atoms with Crippen molar-refractivity contribution in [1.29, 1.82) is 0 Å². The Labute approximate surface area is 126 Å². The van der Waals surface area contributed by atoms with Crippen LogP contribution < -0.4 is 15.4 Å². The average molecular weight is 339 g/mol. The molecule has 2 N–H and O–H groups in total. The molecule has 5 heteroatoms. The maximum atomic E-state index is 13.3. The highest BCUT2D eigenvalue weighted by atomic mass is 79.9. The van der Waals surface area contributed by atoms with Crippen molar-refractivity contribution in [2.75, 3.05) is 24.8 Å². The number of nitrogen functional groups attached to an aromatic ring is 1. The Morgan fingerprint density at radius 2 is 2.00 bits per heavy atom.